The minimum Gasteiger partial charge on any atom is -0.480 e. The number of carbonyl (C=O) groups is 1. The summed E-state index contributed by atoms with van der Waals surface area (Å²) in [6.45, 7) is 5.80. The monoisotopic (exact) mass is 442 g/mol. The highest BCUT2D eigenvalue weighted by Gasteiger charge is 2.20. The van der Waals surface area contributed by atoms with Gasteiger partial charge in [0, 0.05) is 18.2 Å². The third-order valence-corrected chi connectivity index (χ3v) is 5.55. The van der Waals surface area contributed by atoms with Crippen LogP contribution in [-0.2, 0) is 17.8 Å². The minimum absolute atomic E-state index is 0.255. The molecule has 0 spiro atoms. The number of amides is 1. The van der Waals surface area contributed by atoms with Crippen LogP contribution in [0.4, 0.5) is 0 Å². The van der Waals surface area contributed by atoms with Gasteiger partial charge in [-0.05, 0) is 61.7 Å². The molecule has 0 aliphatic carbocycles. The van der Waals surface area contributed by atoms with Crippen LogP contribution >= 0.6 is 0 Å². The summed E-state index contributed by atoms with van der Waals surface area (Å²) in [4.78, 5) is 29.6. The largest absolute Gasteiger partial charge is 0.480 e. The number of ether oxygens (including phenoxy) is 1. The molecule has 0 saturated carbocycles. The average Bonchev–Trinajstić information content (AvgIpc) is 2.81. The van der Waals surface area contributed by atoms with Crippen LogP contribution < -0.4 is 15.7 Å². The molecule has 1 amide bonds. The lowest BCUT2D eigenvalue weighted by Crippen LogP contribution is -2.36. The van der Waals surface area contributed by atoms with Crippen molar-refractivity contribution >= 4 is 16.9 Å². The van der Waals surface area contributed by atoms with Crippen molar-refractivity contribution in [2.24, 2.45) is 0 Å². The van der Waals surface area contributed by atoms with E-state index in [9.17, 15) is 9.59 Å². The molecule has 0 aliphatic heterocycles. The standard InChI is InChI=1S/C27H26N2O4/c1-17-13-23(32-19(3)26(30)29-16-21-11-7-8-12-28-21)25-18(2)22(27(31)33-24(25)14-17)15-20-9-5-4-6-10-20/h4-14,19H,15-16H2,1-3H3,(H,29,30)/t19-/m0/s1. The van der Waals surface area contributed by atoms with Gasteiger partial charge < -0.3 is 14.5 Å². The van der Waals surface area contributed by atoms with E-state index in [2.05, 4.69) is 10.3 Å². The molecule has 2 heterocycles. The van der Waals surface area contributed by atoms with E-state index in [0.29, 0.717) is 35.2 Å². The first kappa shape index (κ1) is 22.3. The van der Waals surface area contributed by atoms with Crippen molar-refractivity contribution in [3.63, 3.8) is 0 Å². The number of nitrogens with one attached hydrogen (secondary N) is 1. The maximum Gasteiger partial charge on any atom is 0.340 e. The molecule has 6 heteroatoms. The smallest absolute Gasteiger partial charge is 0.340 e. The van der Waals surface area contributed by atoms with E-state index in [-0.39, 0.29) is 11.5 Å². The number of hydrogen-bond acceptors (Lipinski definition) is 5. The predicted molar refractivity (Wildman–Crippen MR) is 127 cm³/mol. The second-order valence-electron chi connectivity index (χ2n) is 8.09. The predicted octanol–water partition coefficient (Wildman–Crippen LogP) is 4.48. The fourth-order valence-electron chi connectivity index (χ4n) is 3.80. The molecule has 0 aliphatic rings. The van der Waals surface area contributed by atoms with Crippen LogP contribution in [0.2, 0.25) is 0 Å². The molecule has 4 rings (SSSR count). The Morgan fingerprint density at radius 2 is 1.85 bits per heavy atom. The molecule has 0 unspecified atom stereocenters. The van der Waals surface area contributed by atoms with Gasteiger partial charge in [-0.3, -0.25) is 9.78 Å². The van der Waals surface area contributed by atoms with Gasteiger partial charge in [0.25, 0.3) is 5.91 Å². The van der Waals surface area contributed by atoms with Gasteiger partial charge in [-0.2, -0.15) is 0 Å². The first-order chi connectivity index (χ1) is 15.9. The van der Waals surface area contributed by atoms with Crippen LogP contribution in [0.5, 0.6) is 5.75 Å². The van der Waals surface area contributed by atoms with Gasteiger partial charge in [-0.1, -0.05) is 36.4 Å². The van der Waals surface area contributed by atoms with Gasteiger partial charge in [0.15, 0.2) is 6.10 Å². The maximum absolute atomic E-state index is 12.8. The number of benzene rings is 2. The molecular formula is C27H26N2O4. The zero-order valence-electron chi connectivity index (χ0n) is 18.9. The van der Waals surface area contributed by atoms with Crippen molar-refractivity contribution in [1.29, 1.82) is 0 Å². The molecule has 168 valence electrons. The number of carbonyl (C=O) groups excluding carboxylic acids is 1. The summed E-state index contributed by atoms with van der Waals surface area (Å²) in [6, 6.07) is 19.0. The molecule has 0 bridgehead atoms. The van der Waals surface area contributed by atoms with Crippen molar-refractivity contribution in [1.82, 2.24) is 10.3 Å². The number of fused-ring (bicyclic) bond motifs is 1. The first-order valence-electron chi connectivity index (χ1n) is 10.9. The van der Waals surface area contributed by atoms with Crippen molar-refractivity contribution < 1.29 is 13.9 Å². The van der Waals surface area contributed by atoms with Crippen molar-refractivity contribution in [3.8, 4) is 5.75 Å². The van der Waals surface area contributed by atoms with E-state index in [0.717, 1.165) is 22.4 Å². The zero-order chi connectivity index (χ0) is 23.4. The maximum atomic E-state index is 12.8. The van der Waals surface area contributed by atoms with Crippen molar-refractivity contribution in [3.05, 3.63) is 105 Å². The molecular weight excluding hydrogens is 416 g/mol. The molecule has 2 aromatic carbocycles. The SMILES string of the molecule is Cc1cc(O[C@@H](C)C(=O)NCc2ccccn2)c2c(C)c(Cc3ccccc3)c(=O)oc2c1. The lowest BCUT2D eigenvalue weighted by molar-refractivity contribution is -0.127. The van der Waals surface area contributed by atoms with Gasteiger partial charge in [0.05, 0.1) is 17.6 Å². The summed E-state index contributed by atoms with van der Waals surface area (Å²) in [7, 11) is 0. The molecule has 1 atom stereocenters. The molecule has 0 saturated heterocycles. The Morgan fingerprint density at radius 3 is 2.58 bits per heavy atom. The Morgan fingerprint density at radius 1 is 1.09 bits per heavy atom. The second-order valence-corrected chi connectivity index (χ2v) is 8.09. The summed E-state index contributed by atoms with van der Waals surface area (Å²) in [5, 5.41) is 3.55. The van der Waals surface area contributed by atoms with E-state index in [4.69, 9.17) is 9.15 Å². The Bertz CT molecular complexity index is 1330. The Hall–Kier alpha value is -3.93. The lowest BCUT2D eigenvalue weighted by atomic mass is 9.98. The quantitative estimate of drug-likeness (QED) is 0.427. The van der Waals surface area contributed by atoms with E-state index in [1.54, 1.807) is 13.1 Å². The number of nitrogens with zero attached hydrogens (tertiary/aromatic N) is 1. The lowest BCUT2D eigenvalue weighted by Gasteiger charge is -2.18. The highest BCUT2D eigenvalue weighted by Crippen LogP contribution is 2.32. The zero-order valence-corrected chi connectivity index (χ0v) is 18.9. The highest BCUT2D eigenvalue weighted by atomic mass is 16.5. The van der Waals surface area contributed by atoms with Crippen molar-refractivity contribution in [2.45, 2.75) is 39.8 Å². The van der Waals surface area contributed by atoms with E-state index >= 15 is 0 Å². The number of aryl methyl sites for hydroxylation is 2. The highest BCUT2D eigenvalue weighted by molar-refractivity contribution is 5.89. The third kappa shape index (κ3) is 5.12. The van der Waals surface area contributed by atoms with Crippen LogP contribution in [0.15, 0.2) is 76.1 Å². The minimum atomic E-state index is -0.748. The van der Waals surface area contributed by atoms with E-state index in [1.807, 2.05) is 74.5 Å². The summed E-state index contributed by atoms with van der Waals surface area (Å²) in [5.74, 6) is 0.260. The number of rotatable bonds is 7. The summed E-state index contributed by atoms with van der Waals surface area (Å²) >= 11 is 0. The molecule has 1 N–H and O–H groups in total. The molecule has 4 aromatic rings. The first-order valence-corrected chi connectivity index (χ1v) is 10.9. The Kier molecular flexibility index (Phi) is 6.54. The Labute approximate surface area is 192 Å². The molecule has 6 nitrogen and oxygen atoms in total. The van der Waals surface area contributed by atoms with Gasteiger partial charge in [-0.15, -0.1) is 0 Å². The van der Waals surface area contributed by atoms with Gasteiger partial charge in [0.1, 0.15) is 11.3 Å². The normalized spacial score (nSPS) is 11.8. The summed E-state index contributed by atoms with van der Waals surface area (Å²) < 4.78 is 11.8. The Balaban J connectivity index is 1.63. The summed E-state index contributed by atoms with van der Waals surface area (Å²) in [6.07, 6.45) is 1.39. The average molecular weight is 443 g/mol. The van der Waals surface area contributed by atoms with E-state index < -0.39 is 6.10 Å². The van der Waals surface area contributed by atoms with Gasteiger partial charge in [0.2, 0.25) is 0 Å². The van der Waals surface area contributed by atoms with Gasteiger partial charge >= 0.3 is 5.63 Å². The second kappa shape index (κ2) is 9.69. The van der Waals surface area contributed by atoms with Crippen LogP contribution in [-0.4, -0.2) is 17.0 Å². The third-order valence-electron chi connectivity index (χ3n) is 5.55. The molecule has 2 aromatic heterocycles. The fourth-order valence-corrected chi connectivity index (χ4v) is 3.80. The van der Waals surface area contributed by atoms with Gasteiger partial charge in [-0.25, -0.2) is 4.79 Å². The van der Waals surface area contributed by atoms with Crippen LogP contribution in [0.3, 0.4) is 0 Å². The van der Waals surface area contributed by atoms with Crippen LogP contribution in [0.1, 0.15) is 34.9 Å². The van der Waals surface area contributed by atoms with Crippen molar-refractivity contribution in [2.75, 3.05) is 0 Å². The number of hydrogen-bond donors (Lipinski definition) is 1. The summed E-state index contributed by atoms with van der Waals surface area (Å²) in [5.41, 5.74) is 4.12. The van der Waals surface area contributed by atoms with Crippen LogP contribution in [0, 0.1) is 13.8 Å². The molecule has 0 radical (unpaired) electrons. The molecule has 0 fully saturated rings. The fraction of sp³-hybridized carbons (Fsp3) is 0.222. The topological polar surface area (TPSA) is 81.4 Å². The van der Waals surface area contributed by atoms with E-state index in [1.165, 1.54) is 0 Å². The van der Waals surface area contributed by atoms with Crippen LogP contribution in [0.25, 0.3) is 11.0 Å². The number of pyridine rings is 1. The number of aromatic nitrogens is 1. The molecule has 33 heavy (non-hydrogen) atoms.